The van der Waals surface area contributed by atoms with Crippen LogP contribution in [0.25, 0.3) is 0 Å². The third kappa shape index (κ3) is 5.80. The third-order valence-electron chi connectivity index (χ3n) is 3.91. The smallest absolute Gasteiger partial charge is 0.244 e. The Morgan fingerprint density at radius 2 is 1.55 bits per heavy atom. The molecule has 0 fully saturated rings. The Kier molecular flexibility index (Phi) is 6.41. The summed E-state index contributed by atoms with van der Waals surface area (Å²) in [5, 5.41) is 1.22. The lowest BCUT2D eigenvalue weighted by Crippen LogP contribution is -2.41. The summed E-state index contributed by atoms with van der Waals surface area (Å²) in [7, 11) is -3.90. The van der Waals surface area contributed by atoms with Crippen molar-refractivity contribution in [1.29, 1.82) is 0 Å². The van der Waals surface area contributed by atoms with Crippen LogP contribution in [0.5, 0.6) is 0 Å². The highest BCUT2D eigenvalue weighted by atomic mass is 35.5. The first-order valence-corrected chi connectivity index (χ1v) is 17.1. The topological polar surface area (TPSA) is 43.2 Å². The van der Waals surface area contributed by atoms with Crippen LogP contribution < -0.4 is 0 Å². The Morgan fingerprint density at radius 3 is 2.17 bits per heavy atom. The van der Waals surface area contributed by atoms with Crippen LogP contribution >= 0.6 is 23.2 Å². The molecule has 1 atom stereocenters. The second-order valence-corrected chi connectivity index (χ2v) is 18.6. The van der Waals surface area contributed by atoms with Gasteiger partial charge in [-0.2, -0.15) is 0 Å². The lowest BCUT2D eigenvalue weighted by Gasteiger charge is -2.28. The van der Waals surface area contributed by atoms with Crippen LogP contribution in [0.1, 0.15) is 11.1 Å². The van der Waals surface area contributed by atoms with Gasteiger partial charge in [-0.15, -0.1) is 0 Å². The quantitative estimate of drug-likeness (QED) is 0.461. The van der Waals surface area contributed by atoms with E-state index in [0.717, 1.165) is 16.8 Å². The van der Waals surface area contributed by atoms with Crippen molar-refractivity contribution in [2.24, 2.45) is 9.98 Å². The van der Waals surface area contributed by atoms with Gasteiger partial charge in [0, 0.05) is 21.2 Å². The predicted octanol–water partition coefficient (Wildman–Crippen LogP) is 6.90. The molecule has 0 saturated carbocycles. The van der Waals surface area contributed by atoms with Crippen LogP contribution in [-0.4, -0.2) is 34.5 Å². The Morgan fingerprint density at radius 1 is 0.862 bits per heavy atom. The normalized spacial score (nSPS) is 17.2. The Bertz CT molecular complexity index is 979. The van der Waals surface area contributed by atoms with E-state index in [4.69, 9.17) is 42.0 Å². The van der Waals surface area contributed by atoms with E-state index < -0.39 is 22.9 Å². The molecule has 4 nitrogen and oxygen atoms in total. The summed E-state index contributed by atoms with van der Waals surface area (Å²) >= 11 is 12.9. The van der Waals surface area contributed by atoms with E-state index in [9.17, 15) is 0 Å². The predicted molar refractivity (Wildman–Crippen MR) is 128 cm³/mol. The van der Waals surface area contributed by atoms with Gasteiger partial charge in [-0.3, -0.25) is 0 Å². The summed E-state index contributed by atoms with van der Waals surface area (Å²) in [5.74, 6) is 0.497. The number of hydrogen-bond donors (Lipinski definition) is 0. The molecule has 2 aromatic carbocycles. The van der Waals surface area contributed by atoms with Crippen LogP contribution in [0.2, 0.25) is 49.3 Å². The molecule has 0 bridgehead atoms. The van der Waals surface area contributed by atoms with Gasteiger partial charge < -0.3 is 8.85 Å². The first-order valence-electron chi connectivity index (χ1n) is 9.51. The van der Waals surface area contributed by atoms with Crippen molar-refractivity contribution in [2.45, 2.75) is 45.5 Å². The average molecular weight is 466 g/mol. The maximum absolute atomic E-state index is 6.53. The van der Waals surface area contributed by atoms with E-state index >= 15 is 0 Å². The van der Waals surface area contributed by atoms with E-state index in [1.54, 1.807) is 0 Å². The van der Waals surface area contributed by atoms with E-state index in [-0.39, 0.29) is 0 Å². The van der Waals surface area contributed by atoms with Crippen molar-refractivity contribution in [3.63, 3.8) is 0 Å². The molecule has 1 heterocycles. The minimum absolute atomic E-state index is 0.497. The van der Waals surface area contributed by atoms with Crippen molar-refractivity contribution in [1.82, 2.24) is 0 Å². The number of hydrogen-bond acceptors (Lipinski definition) is 4. The summed E-state index contributed by atoms with van der Waals surface area (Å²) in [5.41, 5.74) is 3.06. The van der Waals surface area contributed by atoms with Crippen molar-refractivity contribution < 1.29 is 8.85 Å². The van der Waals surface area contributed by atoms with Crippen molar-refractivity contribution in [3.05, 3.63) is 63.6 Å². The molecule has 0 spiro atoms. The molecule has 0 aliphatic carbocycles. The second-order valence-electron chi connectivity index (χ2n) is 8.87. The maximum Gasteiger partial charge on any atom is 0.244 e. The fourth-order valence-electron chi connectivity index (χ4n) is 2.88. The number of rotatable bonds is 4. The molecular formula is C21H26Cl2N2O2Si2. The molecule has 2 aromatic rings. The molecule has 0 amide bonds. The van der Waals surface area contributed by atoms with Crippen molar-refractivity contribution in [3.8, 4) is 0 Å². The van der Waals surface area contributed by atoms with E-state index in [1.807, 2.05) is 42.5 Å². The fourth-order valence-corrected chi connectivity index (χ4v) is 4.87. The molecule has 1 aliphatic heterocycles. The number of nitrogens with zero attached hydrogens (tertiary/aromatic N) is 2. The minimum atomic E-state index is -1.95. The lowest BCUT2D eigenvalue weighted by molar-refractivity contribution is 0.246. The number of aliphatic imine (C=N–C) groups is 2. The standard InChI is InChI=1S/C21H26Cl2N2O2Si2/c1-28(2,3)26-20-21(27-29(4,5)6)25-19(15-9-7-8-10-17(15)23)16-13-14(22)11-12-18(16)24-20/h7-13,21H,1-6H3. The van der Waals surface area contributed by atoms with Gasteiger partial charge in [-0.25, -0.2) is 9.98 Å². The summed E-state index contributed by atoms with van der Waals surface area (Å²) < 4.78 is 12.7. The van der Waals surface area contributed by atoms with Crippen molar-refractivity contribution >= 4 is 57.1 Å². The average Bonchev–Trinajstić information content (AvgIpc) is 2.70. The highest BCUT2D eigenvalue weighted by molar-refractivity contribution is 6.71. The maximum atomic E-state index is 6.53. The molecular weight excluding hydrogens is 439 g/mol. The van der Waals surface area contributed by atoms with E-state index in [1.165, 1.54) is 0 Å². The Hall–Kier alpha value is -1.45. The zero-order valence-corrected chi connectivity index (χ0v) is 21.1. The summed E-state index contributed by atoms with van der Waals surface area (Å²) in [6.45, 7) is 12.7. The highest BCUT2D eigenvalue weighted by Gasteiger charge is 2.33. The van der Waals surface area contributed by atoms with Crippen LogP contribution in [0.15, 0.2) is 52.4 Å². The molecule has 154 valence electrons. The van der Waals surface area contributed by atoms with Gasteiger partial charge in [0.05, 0.1) is 11.4 Å². The SMILES string of the molecule is C[Si](C)(C)OC1=Nc2ccc(Cl)cc2C(c2ccccc2Cl)=NC1O[Si](C)(C)C. The molecule has 1 aliphatic rings. The number of halogens is 2. The van der Waals surface area contributed by atoms with Gasteiger partial charge in [0.1, 0.15) is 0 Å². The molecule has 29 heavy (non-hydrogen) atoms. The number of fused-ring (bicyclic) bond motifs is 1. The van der Waals surface area contributed by atoms with Gasteiger partial charge >= 0.3 is 0 Å². The first-order chi connectivity index (χ1) is 13.4. The molecule has 1 unspecified atom stereocenters. The summed E-state index contributed by atoms with van der Waals surface area (Å²) in [6.07, 6.45) is -0.633. The largest absolute Gasteiger partial charge is 0.531 e. The van der Waals surface area contributed by atoms with Gasteiger partial charge in [-0.1, -0.05) is 41.4 Å². The van der Waals surface area contributed by atoms with Crippen LogP contribution in [0.3, 0.4) is 0 Å². The van der Waals surface area contributed by atoms with Gasteiger partial charge in [0.25, 0.3) is 0 Å². The molecule has 0 radical (unpaired) electrons. The Labute approximate surface area is 184 Å². The van der Waals surface area contributed by atoms with Gasteiger partial charge in [0.15, 0.2) is 8.32 Å². The second kappa shape index (κ2) is 8.36. The van der Waals surface area contributed by atoms with Crippen molar-refractivity contribution in [2.75, 3.05) is 0 Å². The van der Waals surface area contributed by atoms with E-state index in [2.05, 4.69) is 39.3 Å². The fraction of sp³-hybridized carbons (Fsp3) is 0.333. The van der Waals surface area contributed by atoms with Gasteiger partial charge in [0.2, 0.25) is 20.4 Å². The third-order valence-corrected chi connectivity index (χ3v) is 6.22. The van der Waals surface area contributed by atoms with Crippen LogP contribution in [-0.2, 0) is 8.85 Å². The molecule has 0 aromatic heterocycles. The summed E-state index contributed by atoms with van der Waals surface area (Å²) in [4.78, 5) is 9.84. The van der Waals surface area contributed by atoms with Crippen LogP contribution in [0, 0.1) is 0 Å². The zero-order chi connectivity index (χ0) is 21.4. The minimum Gasteiger partial charge on any atom is -0.531 e. The molecule has 0 saturated heterocycles. The molecule has 8 heteroatoms. The Balaban J connectivity index is 2.26. The van der Waals surface area contributed by atoms with E-state index in [0.29, 0.717) is 21.7 Å². The monoisotopic (exact) mass is 464 g/mol. The highest BCUT2D eigenvalue weighted by Crippen LogP contribution is 2.33. The summed E-state index contributed by atoms with van der Waals surface area (Å²) in [6, 6.07) is 13.2. The zero-order valence-electron chi connectivity index (χ0n) is 17.6. The lowest BCUT2D eigenvalue weighted by atomic mass is 10.0. The molecule has 3 rings (SSSR count). The molecule has 0 N–H and O–H groups in total. The first kappa shape index (κ1) is 22.2. The van der Waals surface area contributed by atoms with Crippen LogP contribution in [0.4, 0.5) is 5.69 Å². The van der Waals surface area contributed by atoms with Gasteiger partial charge in [-0.05, 0) is 63.5 Å². The number of benzene rings is 2.